The minimum Gasteiger partial charge on any atom is -0.389 e. The van der Waals surface area contributed by atoms with Gasteiger partial charge in [-0.1, -0.05) is 12.2 Å². The lowest BCUT2D eigenvalue weighted by molar-refractivity contribution is 0.102. The van der Waals surface area contributed by atoms with Crippen LogP contribution in [0.4, 0.5) is 11.4 Å². The van der Waals surface area contributed by atoms with Gasteiger partial charge in [0.1, 0.15) is 10.7 Å². The Labute approximate surface area is 128 Å². The number of nitrogens with two attached hydrogens (primary N) is 1. The molecule has 21 heavy (non-hydrogen) atoms. The van der Waals surface area contributed by atoms with Crippen LogP contribution in [0.15, 0.2) is 42.6 Å². The van der Waals surface area contributed by atoms with E-state index < -0.39 is 0 Å². The molecule has 0 saturated heterocycles. The van der Waals surface area contributed by atoms with Crippen LogP contribution in [0.25, 0.3) is 0 Å². The molecule has 1 amide bonds. The minimum atomic E-state index is -0.276. The molecular weight excluding hydrogens is 284 g/mol. The molecule has 3 N–H and O–H groups in total. The lowest BCUT2D eigenvalue weighted by Gasteiger charge is -2.13. The van der Waals surface area contributed by atoms with Gasteiger partial charge in [-0.15, -0.1) is 0 Å². The monoisotopic (exact) mass is 300 g/mol. The molecule has 2 aromatic rings. The Morgan fingerprint density at radius 2 is 1.86 bits per heavy atom. The number of thiocarbonyl (C=S) groups is 1. The van der Waals surface area contributed by atoms with Crippen LogP contribution >= 0.6 is 12.2 Å². The summed E-state index contributed by atoms with van der Waals surface area (Å²) in [6, 6.07) is 10.8. The van der Waals surface area contributed by atoms with Crippen LogP contribution in [0.5, 0.6) is 0 Å². The van der Waals surface area contributed by atoms with Crippen LogP contribution in [0, 0.1) is 0 Å². The van der Waals surface area contributed by atoms with Crippen molar-refractivity contribution in [1.82, 2.24) is 4.98 Å². The van der Waals surface area contributed by atoms with Gasteiger partial charge in [0.25, 0.3) is 5.91 Å². The van der Waals surface area contributed by atoms with E-state index in [1.165, 1.54) is 6.20 Å². The van der Waals surface area contributed by atoms with Gasteiger partial charge in [-0.25, -0.2) is 0 Å². The van der Waals surface area contributed by atoms with Crippen LogP contribution in [-0.4, -0.2) is 30.0 Å². The molecular formula is C15H16N4OS. The highest BCUT2D eigenvalue weighted by atomic mass is 32.1. The number of hydrogen-bond donors (Lipinski definition) is 2. The molecule has 0 atom stereocenters. The number of pyridine rings is 1. The first kappa shape index (κ1) is 14.9. The second-order valence-corrected chi connectivity index (χ2v) is 5.13. The molecule has 0 aliphatic rings. The topological polar surface area (TPSA) is 71.2 Å². The Morgan fingerprint density at radius 1 is 1.19 bits per heavy atom. The third-order valence-corrected chi connectivity index (χ3v) is 3.16. The van der Waals surface area contributed by atoms with E-state index >= 15 is 0 Å². The molecule has 0 aliphatic heterocycles. The Bertz CT molecular complexity index is 650. The van der Waals surface area contributed by atoms with Gasteiger partial charge in [0.2, 0.25) is 0 Å². The zero-order valence-corrected chi connectivity index (χ0v) is 12.6. The fourth-order valence-corrected chi connectivity index (χ4v) is 1.83. The molecule has 2 rings (SSSR count). The molecule has 1 heterocycles. The lowest BCUT2D eigenvalue weighted by atomic mass is 10.2. The summed E-state index contributed by atoms with van der Waals surface area (Å²) in [4.78, 5) is 18.4. The van der Waals surface area contributed by atoms with Gasteiger partial charge in [0.05, 0.1) is 0 Å². The van der Waals surface area contributed by atoms with Gasteiger partial charge in [-0.2, -0.15) is 0 Å². The van der Waals surface area contributed by atoms with Gasteiger partial charge in [0.15, 0.2) is 0 Å². The molecule has 0 spiro atoms. The molecule has 5 nitrogen and oxygen atoms in total. The van der Waals surface area contributed by atoms with E-state index in [-0.39, 0.29) is 10.9 Å². The Morgan fingerprint density at radius 3 is 2.33 bits per heavy atom. The number of carbonyl (C=O) groups is 1. The third kappa shape index (κ3) is 3.76. The predicted molar refractivity (Wildman–Crippen MR) is 88.8 cm³/mol. The summed E-state index contributed by atoms with van der Waals surface area (Å²) >= 11 is 4.84. The highest BCUT2D eigenvalue weighted by Gasteiger charge is 2.08. The fourth-order valence-electron chi connectivity index (χ4n) is 1.71. The normalized spacial score (nSPS) is 10.0. The number of nitrogens with one attached hydrogen (secondary N) is 1. The zero-order chi connectivity index (χ0) is 15.4. The molecule has 1 aromatic heterocycles. The molecule has 1 aromatic carbocycles. The van der Waals surface area contributed by atoms with Crippen molar-refractivity contribution >= 4 is 34.5 Å². The van der Waals surface area contributed by atoms with Crippen LogP contribution < -0.4 is 16.0 Å². The number of anilines is 2. The average molecular weight is 300 g/mol. The number of benzene rings is 1. The highest BCUT2D eigenvalue weighted by Crippen LogP contribution is 2.16. The molecule has 0 radical (unpaired) electrons. The van der Waals surface area contributed by atoms with Gasteiger partial charge in [0, 0.05) is 37.2 Å². The van der Waals surface area contributed by atoms with E-state index in [2.05, 4.69) is 10.3 Å². The second kappa shape index (κ2) is 6.32. The van der Waals surface area contributed by atoms with Crippen molar-refractivity contribution in [2.75, 3.05) is 24.3 Å². The van der Waals surface area contributed by atoms with E-state index in [9.17, 15) is 4.79 Å². The van der Waals surface area contributed by atoms with Crippen molar-refractivity contribution in [2.24, 2.45) is 5.73 Å². The summed E-state index contributed by atoms with van der Waals surface area (Å²) < 4.78 is 0. The van der Waals surface area contributed by atoms with Crippen LogP contribution in [-0.2, 0) is 0 Å². The summed E-state index contributed by atoms with van der Waals surface area (Å²) in [6.45, 7) is 0. The van der Waals surface area contributed by atoms with E-state index in [0.717, 1.165) is 5.69 Å². The molecule has 0 aliphatic carbocycles. The number of amides is 1. The van der Waals surface area contributed by atoms with E-state index in [1.54, 1.807) is 12.1 Å². The first-order valence-electron chi connectivity index (χ1n) is 6.32. The zero-order valence-electron chi connectivity index (χ0n) is 11.8. The lowest BCUT2D eigenvalue weighted by Crippen LogP contribution is -2.15. The van der Waals surface area contributed by atoms with E-state index in [0.29, 0.717) is 16.9 Å². The number of nitrogens with zero attached hydrogens (tertiary/aromatic N) is 2. The van der Waals surface area contributed by atoms with Gasteiger partial charge >= 0.3 is 0 Å². The van der Waals surface area contributed by atoms with Crippen molar-refractivity contribution < 1.29 is 4.79 Å². The van der Waals surface area contributed by atoms with Gasteiger partial charge < -0.3 is 16.0 Å². The number of hydrogen-bond acceptors (Lipinski definition) is 4. The maximum absolute atomic E-state index is 12.1. The second-order valence-electron chi connectivity index (χ2n) is 4.69. The number of aromatic nitrogens is 1. The highest BCUT2D eigenvalue weighted by molar-refractivity contribution is 7.80. The fraction of sp³-hybridized carbons (Fsp3) is 0.133. The SMILES string of the molecule is CN(C)c1ccc(NC(=O)c2ccc(C(N)=S)cn2)cc1. The molecule has 6 heteroatoms. The smallest absolute Gasteiger partial charge is 0.274 e. The molecule has 0 fully saturated rings. The standard InChI is InChI=1S/C15H16N4OS/c1-19(2)12-6-4-11(5-7-12)18-15(20)13-8-3-10(9-17-13)14(16)21/h3-9H,1-2H3,(H2,16,21)(H,18,20). The molecule has 0 saturated carbocycles. The average Bonchev–Trinajstić information content (AvgIpc) is 2.47. The summed E-state index contributed by atoms with van der Waals surface area (Å²) in [6.07, 6.45) is 1.49. The van der Waals surface area contributed by atoms with E-state index in [4.69, 9.17) is 18.0 Å². The Balaban J connectivity index is 2.08. The van der Waals surface area contributed by atoms with Crippen molar-refractivity contribution in [3.05, 3.63) is 53.9 Å². The Hall–Kier alpha value is -2.47. The van der Waals surface area contributed by atoms with Gasteiger partial charge in [-0.3, -0.25) is 9.78 Å². The van der Waals surface area contributed by atoms with Crippen LogP contribution in [0.3, 0.4) is 0 Å². The Kier molecular flexibility index (Phi) is 4.49. The van der Waals surface area contributed by atoms with Crippen molar-refractivity contribution in [1.29, 1.82) is 0 Å². The molecule has 108 valence electrons. The summed E-state index contributed by atoms with van der Waals surface area (Å²) in [5, 5.41) is 2.79. The summed E-state index contributed by atoms with van der Waals surface area (Å²) in [5.41, 5.74) is 8.21. The van der Waals surface area contributed by atoms with Gasteiger partial charge in [-0.05, 0) is 36.4 Å². The summed E-state index contributed by atoms with van der Waals surface area (Å²) in [5.74, 6) is -0.276. The quantitative estimate of drug-likeness (QED) is 0.846. The number of rotatable bonds is 4. The predicted octanol–water partition coefficient (Wildman–Crippen LogP) is 2.03. The maximum atomic E-state index is 12.1. The molecule has 0 unspecified atom stereocenters. The van der Waals surface area contributed by atoms with Crippen molar-refractivity contribution in [2.45, 2.75) is 0 Å². The van der Waals surface area contributed by atoms with Crippen molar-refractivity contribution in [3.63, 3.8) is 0 Å². The van der Waals surface area contributed by atoms with E-state index in [1.807, 2.05) is 43.3 Å². The third-order valence-electron chi connectivity index (χ3n) is 2.92. The van der Waals surface area contributed by atoms with Crippen molar-refractivity contribution in [3.8, 4) is 0 Å². The maximum Gasteiger partial charge on any atom is 0.274 e. The van der Waals surface area contributed by atoms with Crippen LogP contribution in [0.1, 0.15) is 16.1 Å². The number of carbonyl (C=O) groups excluding carboxylic acids is 1. The first-order valence-corrected chi connectivity index (χ1v) is 6.73. The first-order chi connectivity index (χ1) is 9.97. The summed E-state index contributed by atoms with van der Waals surface area (Å²) in [7, 11) is 3.92. The van der Waals surface area contributed by atoms with Crippen LogP contribution in [0.2, 0.25) is 0 Å². The molecule has 0 bridgehead atoms. The minimum absolute atomic E-state index is 0.258. The largest absolute Gasteiger partial charge is 0.389 e.